The molecule has 2 N–H and O–H groups in total. The monoisotopic (exact) mass is 214 g/mol. The van der Waals surface area contributed by atoms with Crippen LogP contribution in [0.2, 0.25) is 0 Å². The van der Waals surface area contributed by atoms with E-state index in [0.29, 0.717) is 12.3 Å². The van der Waals surface area contributed by atoms with Crippen LogP contribution in [0.3, 0.4) is 0 Å². The molecule has 3 nitrogen and oxygen atoms in total. The minimum absolute atomic E-state index is 0.322. The summed E-state index contributed by atoms with van der Waals surface area (Å²) in [5.74, 6) is -0.147. The van der Waals surface area contributed by atoms with Gasteiger partial charge in [-0.15, -0.1) is 0 Å². The fourth-order valence-electron chi connectivity index (χ4n) is 2.33. The number of aliphatic carboxylic acids is 1. The molecule has 0 heterocycles. The maximum Gasteiger partial charge on any atom is 0.306 e. The predicted octanol–water partition coefficient (Wildman–Crippen LogP) is 2.28. The van der Waals surface area contributed by atoms with Crippen LogP contribution in [0.25, 0.3) is 0 Å². The van der Waals surface area contributed by atoms with E-state index < -0.39 is 18.0 Å². The summed E-state index contributed by atoms with van der Waals surface area (Å²) < 4.78 is 0. The van der Waals surface area contributed by atoms with Gasteiger partial charge in [0.15, 0.2) is 0 Å². The van der Waals surface area contributed by atoms with E-state index in [0.717, 1.165) is 18.8 Å². The highest BCUT2D eigenvalue weighted by Crippen LogP contribution is 2.32. The summed E-state index contributed by atoms with van der Waals surface area (Å²) >= 11 is 0. The summed E-state index contributed by atoms with van der Waals surface area (Å²) in [6.45, 7) is 3.90. The Kier molecular flexibility index (Phi) is 4.58. The number of hydrogen-bond donors (Lipinski definition) is 2. The topological polar surface area (TPSA) is 57.5 Å². The minimum atomic E-state index is -0.807. The van der Waals surface area contributed by atoms with Crippen molar-refractivity contribution in [2.75, 3.05) is 0 Å². The van der Waals surface area contributed by atoms with Crippen molar-refractivity contribution in [3.8, 4) is 0 Å². The Balaban J connectivity index is 2.33. The first-order chi connectivity index (χ1) is 7.00. The standard InChI is InChI=1S/C12H22O3/c1-8-3-5-10(6-4-8)11(13)7-9(2)12(14)15/h8-11,13H,3-7H2,1-2H3,(H,14,15). The molecule has 88 valence electrons. The van der Waals surface area contributed by atoms with E-state index in [1.807, 2.05) is 0 Å². The van der Waals surface area contributed by atoms with Crippen molar-refractivity contribution < 1.29 is 15.0 Å². The van der Waals surface area contributed by atoms with Gasteiger partial charge in [0.1, 0.15) is 0 Å². The second kappa shape index (κ2) is 5.50. The Morgan fingerprint density at radius 3 is 2.33 bits per heavy atom. The molecule has 0 radical (unpaired) electrons. The Morgan fingerprint density at radius 1 is 1.33 bits per heavy atom. The first-order valence-corrected chi connectivity index (χ1v) is 5.91. The van der Waals surface area contributed by atoms with Crippen LogP contribution in [0.15, 0.2) is 0 Å². The lowest BCUT2D eigenvalue weighted by molar-refractivity contribution is -0.142. The van der Waals surface area contributed by atoms with Gasteiger partial charge in [-0.3, -0.25) is 4.79 Å². The van der Waals surface area contributed by atoms with Crippen molar-refractivity contribution in [2.45, 2.75) is 52.1 Å². The quantitative estimate of drug-likeness (QED) is 0.755. The smallest absolute Gasteiger partial charge is 0.306 e. The highest BCUT2D eigenvalue weighted by Gasteiger charge is 2.27. The van der Waals surface area contributed by atoms with Crippen molar-refractivity contribution in [3.63, 3.8) is 0 Å². The fourth-order valence-corrected chi connectivity index (χ4v) is 2.33. The van der Waals surface area contributed by atoms with Gasteiger partial charge in [-0.2, -0.15) is 0 Å². The molecule has 1 rings (SSSR count). The van der Waals surface area contributed by atoms with Crippen LogP contribution in [-0.4, -0.2) is 22.3 Å². The number of hydrogen-bond acceptors (Lipinski definition) is 2. The Labute approximate surface area is 91.5 Å². The normalized spacial score (nSPS) is 30.9. The Hall–Kier alpha value is -0.570. The Bertz CT molecular complexity index is 207. The number of carboxylic acid groups (broad SMARTS) is 1. The van der Waals surface area contributed by atoms with E-state index in [2.05, 4.69) is 6.92 Å². The molecule has 0 aromatic heterocycles. The van der Waals surface area contributed by atoms with Gasteiger partial charge in [0.2, 0.25) is 0 Å². The van der Waals surface area contributed by atoms with Crippen molar-refractivity contribution in [2.24, 2.45) is 17.8 Å². The summed E-state index contributed by atoms with van der Waals surface area (Å²) in [5, 5.41) is 18.7. The molecule has 1 fully saturated rings. The molecule has 2 atom stereocenters. The lowest BCUT2D eigenvalue weighted by Gasteiger charge is -2.30. The van der Waals surface area contributed by atoms with E-state index in [4.69, 9.17) is 5.11 Å². The highest BCUT2D eigenvalue weighted by atomic mass is 16.4. The summed E-state index contributed by atoms with van der Waals surface area (Å²) in [7, 11) is 0. The molecule has 0 aromatic rings. The van der Waals surface area contributed by atoms with Crippen LogP contribution < -0.4 is 0 Å². The van der Waals surface area contributed by atoms with Gasteiger partial charge in [-0.05, 0) is 31.1 Å². The molecule has 2 unspecified atom stereocenters. The first-order valence-electron chi connectivity index (χ1n) is 5.91. The van der Waals surface area contributed by atoms with E-state index in [1.54, 1.807) is 6.92 Å². The minimum Gasteiger partial charge on any atom is -0.481 e. The van der Waals surface area contributed by atoms with Crippen LogP contribution in [0.1, 0.15) is 46.0 Å². The van der Waals surface area contributed by atoms with Gasteiger partial charge in [-0.1, -0.05) is 26.7 Å². The van der Waals surface area contributed by atoms with Crippen molar-refractivity contribution in [1.82, 2.24) is 0 Å². The van der Waals surface area contributed by atoms with E-state index >= 15 is 0 Å². The summed E-state index contributed by atoms with van der Waals surface area (Å²) in [6, 6.07) is 0. The summed E-state index contributed by atoms with van der Waals surface area (Å²) in [5.41, 5.74) is 0. The van der Waals surface area contributed by atoms with Gasteiger partial charge in [0, 0.05) is 0 Å². The molecule has 0 aliphatic heterocycles. The molecule has 0 aromatic carbocycles. The van der Waals surface area contributed by atoms with Gasteiger partial charge < -0.3 is 10.2 Å². The molecule has 0 bridgehead atoms. The third-order valence-electron chi connectivity index (χ3n) is 3.62. The maximum atomic E-state index is 10.7. The van der Waals surface area contributed by atoms with Crippen LogP contribution in [0.5, 0.6) is 0 Å². The summed E-state index contributed by atoms with van der Waals surface area (Å²) in [4.78, 5) is 10.7. The van der Waals surface area contributed by atoms with Crippen molar-refractivity contribution in [1.29, 1.82) is 0 Å². The highest BCUT2D eigenvalue weighted by molar-refractivity contribution is 5.69. The van der Waals surface area contributed by atoms with Gasteiger partial charge >= 0.3 is 5.97 Å². The predicted molar refractivity (Wildman–Crippen MR) is 58.5 cm³/mol. The lowest BCUT2D eigenvalue weighted by Crippen LogP contribution is -2.28. The first kappa shape index (κ1) is 12.5. The second-order valence-corrected chi connectivity index (χ2v) is 5.06. The van der Waals surface area contributed by atoms with Crippen LogP contribution >= 0.6 is 0 Å². The third-order valence-corrected chi connectivity index (χ3v) is 3.62. The third kappa shape index (κ3) is 3.82. The molecule has 0 spiro atoms. The number of aliphatic hydroxyl groups excluding tert-OH is 1. The molecular formula is C12H22O3. The number of carbonyl (C=O) groups is 1. The van der Waals surface area contributed by atoms with Crippen molar-refractivity contribution >= 4 is 5.97 Å². The zero-order valence-corrected chi connectivity index (χ0v) is 9.65. The SMILES string of the molecule is CC1CCC(C(O)CC(C)C(=O)O)CC1. The van der Waals surface area contributed by atoms with Crippen LogP contribution in [-0.2, 0) is 4.79 Å². The van der Waals surface area contributed by atoms with E-state index in [1.165, 1.54) is 12.8 Å². The Morgan fingerprint density at radius 2 is 1.87 bits per heavy atom. The maximum absolute atomic E-state index is 10.7. The molecule has 1 aliphatic carbocycles. The summed E-state index contributed by atoms with van der Waals surface area (Å²) in [6.07, 6.45) is 4.41. The number of carboxylic acids is 1. The number of aliphatic hydroxyl groups is 1. The average molecular weight is 214 g/mol. The zero-order valence-electron chi connectivity index (χ0n) is 9.65. The fraction of sp³-hybridized carbons (Fsp3) is 0.917. The van der Waals surface area contributed by atoms with Crippen LogP contribution in [0, 0.1) is 17.8 Å². The molecule has 3 heteroatoms. The van der Waals surface area contributed by atoms with Gasteiger partial charge in [-0.25, -0.2) is 0 Å². The largest absolute Gasteiger partial charge is 0.481 e. The van der Waals surface area contributed by atoms with Crippen molar-refractivity contribution in [3.05, 3.63) is 0 Å². The van der Waals surface area contributed by atoms with Crippen LogP contribution in [0.4, 0.5) is 0 Å². The van der Waals surface area contributed by atoms with E-state index in [-0.39, 0.29) is 0 Å². The molecule has 15 heavy (non-hydrogen) atoms. The van der Waals surface area contributed by atoms with Gasteiger partial charge in [0.25, 0.3) is 0 Å². The average Bonchev–Trinajstić information content (AvgIpc) is 2.18. The molecule has 0 saturated heterocycles. The molecule has 1 saturated carbocycles. The van der Waals surface area contributed by atoms with E-state index in [9.17, 15) is 9.90 Å². The molecule has 1 aliphatic rings. The zero-order chi connectivity index (χ0) is 11.4. The van der Waals surface area contributed by atoms with Gasteiger partial charge in [0.05, 0.1) is 12.0 Å². The number of rotatable bonds is 4. The lowest BCUT2D eigenvalue weighted by atomic mass is 9.78. The molecule has 0 amide bonds. The molecular weight excluding hydrogens is 192 g/mol. The second-order valence-electron chi connectivity index (χ2n) is 5.06.